The lowest BCUT2D eigenvalue weighted by molar-refractivity contribution is -0.0390. The van der Waals surface area contributed by atoms with Crippen molar-refractivity contribution >= 4 is 0 Å². The van der Waals surface area contributed by atoms with Gasteiger partial charge in [0, 0.05) is 13.0 Å². The fourth-order valence-electron chi connectivity index (χ4n) is 1.16. The fraction of sp³-hybridized carbons (Fsp3) is 0.857. The molecule has 1 N–H and O–H groups in total. The summed E-state index contributed by atoms with van der Waals surface area (Å²) in [5, 5.41) is 11.2. The van der Waals surface area contributed by atoms with Crippen LogP contribution in [-0.2, 0) is 0 Å². The standard InChI is InChI=1S/C7H10F2N2/c8-7(9)2-1-3-11-5-6(7)4-10/h6,11H,1-3,5H2. The molecule has 0 bridgehead atoms. The summed E-state index contributed by atoms with van der Waals surface area (Å²) in [6.07, 6.45) is 0.281. The highest BCUT2D eigenvalue weighted by Crippen LogP contribution is 2.30. The molecule has 0 aromatic heterocycles. The molecule has 0 saturated carbocycles. The van der Waals surface area contributed by atoms with E-state index in [4.69, 9.17) is 5.26 Å². The summed E-state index contributed by atoms with van der Waals surface area (Å²) in [7, 11) is 0. The quantitative estimate of drug-likeness (QED) is 0.577. The second kappa shape index (κ2) is 3.14. The Balaban J connectivity index is 2.65. The van der Waals surface area contributed by atoms with E-state index in [-0.39, 0.29) is 13.0 Å². The maximum atomic E-state index is 12.9. The molecule has 11 heavy (non-hydrogen) atoms. The summed E-state index contributed by atoms with van der Waals surface area (Å²) in [4.78, 5) is 0. The van der Waals surface area contributed by atoms with Gasteiger partial charge in [0.25, 0.3) is 5.92 Å². The van der Waals surface area contributed by atoms with Crippen LogP contribution in [0.3, 0.4) is 0 Å². The Bertz CT molecular complexity index is 174. The first-order chi connectivity index (χ1) is 5.17. The molecule has 0 aromatic rings. The van der Waals surface area contributed by atoms with Crippen molar-refractivity contribution in [2.24, 2.45) is 5.92 Å². The van der Waals surface area contributed by atoms with Gasteiger partial charge in [0.15, 0.2) is 0 Å². The van der Waals surface area contributed by atoms with Crippen molar-refractivity contribution in [2.45, 2.75) is 18.8 Å². The topological polar surface area (TPSA) is 35.8 Å². The smallest absolute Gasteiger partial charge is 0.265 e. The zero-order valence-electron chi connectivity index (χ0n) is 6.11. The van der Waals surface area contributed by atoms with Gasteiger partial charge in [-0.25, -0.2) is 8.78 Å². The van der Waals surface area contributed by atoms with Gasteiger partial charge < -0.3 is 5.32 Å². The van der Waals surface area contributed by atoms with Crippen LogP contribution in [0, 0.1) is 17.2 Å². The molecule has 0 radical (unpaired) electrons. The molecule has 1 unspecified atom stereocenters. The molecule has 0 aliphatic carbocycles. The van der Waals surface area contributed by atoms with Crippen LogP contribution in [0.4, 0.5) is 8.78 Å². The van der Waals surface area contributed by atoms with Gasteiger partial charge in [0.05, 0.1) is 6.07 Å². The molecular formula is C7H10F2N2. The Kier molecular flexibility index (Phi) is 2.40. The minimum absolute atomic E-state index is 0.115. The monoisotopic (exact) mass is 160 g/mol. The Hall–Kier alpha value is -0.690. The zero-order chi connectivity index (χ0) is 8.32. The molecular weight excluding hydrogens is 150 g/mol. The highest BCUT2D eigenvalue weighted by atomic mass is 19.3. The summed E-state index contributed by atoms with van der Waals surface area (Å²) in [6.45, 7) is 0.706. The van der Waals surface area contributed by atoms with Crippen LogP contribution in [0.1, 0.15) is 12.8 Å². The van der Waals surface area contributed by atoms with E-state index in [1.54, 1.807) is 6.07 Å². The number of halogens is 2. The van der Waals surface area contributed by atoms with E-state index in [1.807, 2.05) is 0 Å². The minimum atomic E-state index is -2.79. The van der Waals surface area contributed by atoms with Crippen molar-refractivity contribution < 1.29 is 8.78 Å². The van der Waals surface area contributed by atoms with Gasteiger partial charge >= 0.3 is 0 Å². The molecule has 0 spiro atoms. The number of nitrogens with one attached hydrogen (secondary N) is 1. The third kappa shape index (κ3) is 1.87. The number of hydrogen-bond donors (Lipinski definition) is 1. The van der Waals surface area contributed by atoms with Crippen molar-refractivity contribution in [3.8, 4) is 6.07 Å². The van der Waals surface area contributed by atoms with E-state index < -0.39 is 11.8 Å². The van der Waals surface area contributed by atoms with Gasteiger partial charge in [-0.2, -0.15) is 5.26 Å². The Labute approximate surface area is 64.2 Å². The first-order valence-corrected chi connectivity index (χ1v) is 3.65. The first kappa shape index (κ1) is 8.41. The molecule has 62 valence electrons. The SMILES string of the molecule is N#CC1CNCCCC1(F)F. The molecule has 1 saturated heterocycles. The summed E-state index contributed by atoms with van der Waals surface area (Å²) < 4.78 is 25.7. The summed E-state index contributed by atoms with van der Waals surface area (Å²) in [5.74, 6) is -3.94. The van der Waals surface area contributed by atoms with Gasteiger partial charge in [-0.05, 0) is 13.0 Å². The van der Waals surface area contributed by atoms with Gasteiger partial charge in [-0.15, -0.1) is 0 Å². The summed E-state index contributed by atoms with van der Waals surface area (Å²) >= 11 is 0. The number of nitriles is 1. The Morgan fingerprint density at radius 2 is 2.27 bits per heavy atom. The van der Waals surface area contributed by atoms with E-state index in [9.17, 15) is 8.78 Å². The zero-order valence-corrected chi connectivity index (χ0v) is 6.11. The number of alkyl halides is 2. The maximum Gasteiger partial charge on any atom is 0.265 e. The van der Waals surface area contributed by atoms with Crippen LogP contribution >= 0.6 is 0 Å². The van der Waals surface area contributed by atoms with Crippen molar-refractivity contribution in [1.82, 2.24) is 5.32 Å². The normalized spacial score (nSPS) is 30.5. The average Bonchev–Trinajstić information content (AvgIpc) is 2.10. The second-order valence-electron chi connectivity index (χ2n) is 2.75. The van der Waals surface area contributed by atoms with Crippen molar-refractivity contribution in [3.63, 3.8) is 0 Å². The summed E-state index contributed by atoms with van der Waals surface area (Å²) in [6, 6.07) is 1.62. The summed E-state index contributed by atoms with van der Waals surface area (Å²) in [5.41, 5.74) is 0. The van der Waals surface area contributed by atoms with Gasteiger partial charge in [0.1, 0.15) is 5.92 Å². The number of hydrogen-bond acceptors (Lipinski definition) is 2. The molecule has 1 heterocycles. The van der Waals surface area contributed by atoms with Gasteiger partial charge in [-0.1, -0.05) is 0 Å². The molecule has 0 aromatic carbocycles. The van der Waals surface area contributed by atoms with Crippen molar-refractivity contribution in [2.75, 3.05) is 13.1 Å². The Morgan fingerprint density at radius 1 is 1.55 bits per heavy atom. The minimum Gasteiger partial charge on any atom is -0.315 e. The first-order valence-electron chi connectivity index (χ1n) is 3.65. The third-order valence-electron chi connectivity index (χ3n) is 1.88. The number of rotatable bonds is 0. The highest BCUT2D eigenvalue weighted by molar-refractivity contribution is 4.96. The van der Waals surface area contributed by atoms with Crippen LogP contribution < -0.4 is 5.32 Å². The molecule has 1 aliphatic rings. The van der Waals surface area contributed by atoms with Crippen LogP contribution in [0.25, 0.3) is 0 Å². The Morgan fingerprint density at radius 3 is 2.91 bits per heavy atom. The molecule has 2 nitrogen and oxygen atoms in total. The molecule has 1 rings (SSSR count). The molecule has 1 aliphatic heterocycles. The predicted octanol–water partition coefficient (Wildman–Crippen LogP) is 1.14. The fourth-order valence-corrected chi connectivity index (χ4v) is 1.16. The van der Waals surface area contributed by atoms with Gasteiger partial charge in [-0.3, -0.25) is 0 Å². The molecule has 4 heteroatoms. The largest absolute Gasteiger partial charge is 0.315 e. The predicted molar refractivity (Wildman–Crippen MR) is 36.2 cm³/mol. The van der Waals surface area contributed by atoms with Crippen LogP contribution in [0.2, 0.25) is 0 Å². The van der Waals surface area contributed by atoms with Crippen LogP contribution in [0.5, 0.6) is 0 Å². The van der Waals surface area contributed by atoms with E-state index in [0.717, 1.165) is 0 Å². The lowest BCUT2D eigenvalue weighted by Crippen LogP contribution is -2.31. The van der Waals surface area contributed by atoms with Crippen molar-refractivity contribution in [1.29, 1.82) is 5.26 Å². The molecule has 1 fully saturated rings. The lowest BCUT2D eigenvalue weighted by Gasteiger charge is -2.17. The van der Waals surface area contributed by atoms with E-state index in [0.29, 0.717) is 13.0 Å². The number of nitrogens with zero attached hydrogens (tertiary/aromatic N) is 1. The molecule has 1 atom stereocenters. The lowest BCUT2D eigenvalue weighted by atomic mass is 10.0. The maximum absolute atomic E-state index is 12.9. The van der Waals surface area contributed by atoms with Crippen molar-refractivity contribution in [3.05, 3.63) is 0 Å². The van der Waals surface area contributed by atoms with Gasteiger partial charge in [0.2, 0.25) is 0 Å². The highest BCUT2D eigenvalue weighted by Gasteiger charge is 2.40. The average molecular weight is 160 g/mol. The van der Waals surface area contributed by atoms with E-state index in [2.05, 4.69) is 5.32 Å². The van der Waals surface area contributed by atoms with Crippen LogP contribution in [0.15, 0.2) is 0 Å². The molecule has 0 amide bonds. The van der Waals surface area contributed by atoms with E-state index >= 15 is 0 Å². The second-order valence-corrected chi connectivity index (χ2v) is 2.75. The van der Waals surface area contributed by atoms with E-state index in [1.165, 1.54) is 0 Å². The van der Waals surface area contributed by atoms with Crippen LogP contribution in [-0.4, -0.2) is 19.0 Å². The third-order valence-corrected chi connectivity index (χ3v) is 1.88.